The number of aromatic nitrogens is 1. The Morgan fingerprint density at radius 2 is 1.46 bits per heavy atom. The number of para-hydroxylation sites is 1. The van der Waals surface area contributed by atoms with Crippen molar-refractivity contribution in [1.82, 2.24) is 4.98 Å². The molecule has 0 atom stereocenters. The Labute approximate surface area is 149 Å². The van der Waals surface area contributed by atoms with E-state index in [0.717, 1.165) is 6.42 Å². The van der Waals surface area contributed by atoms with Crippen molar-refractivity contribution in [1.29, 1.82) is 0 Å². The van der Waals surface area contributed by atoms with Gasteiger partial charge in [0.05, 0.1) is 0 Å². The fraction of sp³-hybridized carbons (Fsp3) is 0.400. The molecule has 1 heterocycles. The van der Waals surface area contributed by atoms with E-state index in [9.17, 15) is 0 Å². The molecule has 1 aliphatic carbocycles. The summed E-state index contributed by atoms with van der Waals surface area (Å²) < 4.78 is 2.92. The first kappa shape index (κ1) is 21.6. The van der Waals surface area contributed by atoms with Crippen LogP contribution in [0.4, 0.5) is 0 Å². The van der Waals surface area contributed by atoms with Gasteiger partial charge in [-0.05, 0) is 0 Å². The average molecular weight is 407 g/mol. The van der Waals surface area contributed by atoms with Crippen LogP contribution in [0.1, 0.15) is 6.42 Å². The molecule has 1 N–H and O–H groups in total. The molecule has 0 spiro atoms. The molecule has 1 aromatic carbocycles. The maximum atomic E-state index is 3.81. The number of hydrogen-bond acceptors (Lipinski definition) is 0. The van der Waals surface area contributed by atoms with Crippen LogP contribution in [0.3, 0.4) is 0 Å². The van der Waals surface area contributed by atoms with E-state index in [1.165, 1.54) is 14.9 Å². The number of hydrogen-bond donors (Lipinski definition) is 1. The SMILES string of the molecule is Cl.Cl.[CH3][Ti]([CH3])([CH3])([CH3])([CH3])([CH3])([CH3])([C]1=CC=CC1)[c]1cc2ccccc2[nH]1. The maximum absolute atomic E-state index is 5.04. The van der Waals surface area contributed by atoms with Gasteiger partial charge in [0.1, 0.15) is 0 Å². The van der Waals surface area contributed by atoms with Crippen molar-refractivity contribution < 1.29 is 10.2 Å². The summed E-state index contributed by atoms with van der Waals surface area (Å²) in [4.78, 5) is 3.81. The molecule has 0 aliphatic heterocycles. The van der Waals surface area contributed by atoms with Gasteiger partial charge in [-0.3, -0.25) is 0 Å². The summed E-state index contributed by atoms with van der Waals surface area (Å²) in [5.41, 5.74) is 1.22. The van der Waals surface area contributed by atoms with Crippen LogP contribution in [0.25, 0.3) is 10.9 Å². The van der Waals surface area contributed by atoms with Gasteiger partial charge in [-0.2, -0.15) is 0 Å². The van der Waals surface area contributed by atoms with Gasteiger partial charge in [-0.1, -0.05) is 0 Å². The van der Waals surface area contributed by atoms with Gasteiger partial charge in [0, 0.05) is 0 Å². The predicted molar refractivity (Wildman–Crippen MR) is 115 cm³/mol. The zero-order valence-corrected chi connectivity index (χ0v) is 19.3. The Hall–Kier alpha value is -0.466. The minimum atomic E-state index is -5.04. The second kappa shape index (κ2) is 3.16. The van der Waals surface area contributed by atoms with E-state index in [1.807, 2.05) is 0 Å². The third-order valence-electron chi connectivity index (χ3n) is 6.73. The molecule has 1 nitrogen and oxygen atoms in total. The topological polar surface area (TPSA) is 15.8 Å². The van der Waals surface area contributed by atoms with Crippen molar-refractivity contribution in [2.24, 2.45) is 0 Å². The molecule has 0 amide bonds. The summed E-state index contributed by atoms with van der Waals surface area (Å²) >= 11 is 0. The molecule has 3 rings (SSSR count). The Morgan fingerprint density at radius 3 is 1.96 bits per heavy atom. The molecule has 24 heavy (non-hydrogen) atoms. The number of aromatic amines is 1. The van der Waals surface area contributed by atoms with Gasteiger partial charge in [0.25, 0.3) is 0 Å². The first-order chi connectivity index (χ1) is 9.32. The number of rotatable bonds is 2. The van der Waals surface area contributed by atoms with Crippen LogP contribution in [-0.2, 0) is 10.2 Å². The van der Waals surface area contributed by atoms with E-state index in [1.54, 1.807) is 3.88 Å². The third-order valence-corrected chi connectivity index (χ3v) is 21.6. The molecule has 0 fully saturated rings. The second-order valence-corrected chi connectivity index (χ2v) is 63.7. The van der Waals surface area contributed by atoms with Gasteiger partial charge < -0.3 is 0 Å². The van der Waals surface area contributed by atoms with Crippen LogP contribution in [-0.4, -0.2) is 4.98 Å². The molecule has 137 valence electrons. The number of H-pyrrole nitrogens is 1. The molecule has 0 bridgehead atoms. The number of fused-ring (bicyclic) bond motifs is 1. The normalized spacial score (nSPS) is 23.1. The van der Waals surface area contributed by atoms with Crippen molar-refractivity contribution in [3.05, 3.63) is 52.4 Å². The molecule has 4 heteroatoms. The van der Waals surface area contributed by atoms with E-state index in [0.29, 0.717) is 0 Å². The Balaban J connectivity index is 0.00000144. The summed E-state index contributed by atoms with van der Waals surface area (Å²) in [7, 11) is -5.04. The summed E-state index contributed by atoms with van der Waals surface area (Å²) in [6.07, 6.45) is 7.89. The molecule has 1 aliphatic rings. The zero-order chi connectivity index (χ0) is 16.7. The predicted octanol–water partition coefficient (Wildman–Crippen LogP) is 7.65. The molecular formula is C20H34Cl2NTi. The zero-order valence-electron chi connectivity index (χ0n) is 16.1. The quantitative estimate of drug-likeness (QED) is 0.492. The third kappa shape index (κ3) is 2.74. The molecule has 0 unspecified atom stereocenters. The molecule has 2 aromatic rings. The number of allylic oxidation sites excluding steroid dienone is 4. The standard InChI is InChI=1S/C8H6N.C5H5.7CH3.2ClH.Ti/c1-2-4-8-7(3-1)5-6-9-8;1-2-4-5-3-1;;;;;;;;;;/h1-5,9H;1-3H,4H2;7*1H3;2*1H;. The second-order valence-electron chi connectivity index (χ2n) is 17.7. The van der Waals surface area contributed by atoms with Crippen molar-refractivity contribution in [2.75, 3.05) is 0 Å². The van der Waals surface area contributed by atoms with E-state index in [-0.39, 0.29) is 24.8 Å². The van der Waals surface area contributed by atoms with Crippen molar-refractivity contribution in [2.45, 2.75) is 43.0 Å². The van der Waals surface area contributed by atoms with Crippen LogP contribution >= 0.6 is 24.8 Å². The van der Waals surface area contributed by atoms with Gasteiger partial charge in [0.15, 0.2) is 0 Å². The number of halogens is 2. The summed E-state index contributed by atoms with van der Waals surface area (Å²) in [6, 6.07) is 11.0. The van der Waals surface area contributed by atoms with Crippen molar-refractivity contribution in [3.8, 4) is 0 Å². The fourth-order valence-electron chi connectivity index (χ4n) is 4.09. The van der Waals surface area contributed by atoms with Crippen LogP contribution in [0, 0.1) is 0 Å². The number of nitrogens with one attached hydrogen (secondary N) is 1. The van der Waals surface area contributed by atoms with E-state index in [2.05, 4.69) is 90.1 Å². The van der Waals surface area contributed by atoms with E-state index < -0.39 is 10.2 Å². The van der Waals surface area contributed by atoms with Crippen LogP contribution in [0.5, 0.6) is 0 Å². The average Bonchev–Trinajstić information content (AvgIpc) is 2.97. The van der Waals surface area contributed by atoms with Crippen molar-refractivity contribution in [3.63, 3.8) is 0 Å². The summed E-state index contributed by atoms with van der Waals surface area (Å²) in [5.74, 6) is 0. The van der Waals surface area contributed by atoms with Gasteiger partial charge in [-0.25, -0.2) is 0 Å². The molecule has 1 aromatic heterocycles. The number of benzene rings is 1. The van der Waals surface area contributed by atoms with Gasteiger partial charge in [0.2, 0.25) is 0 Å². The first-order valence-electron chi connectivity index (χ1n) is 8.62. The Morgan fingerprint density at radius 1 is 0.875 bits per heavy atom. The van der Waals surface area contributed by atoms with E-state index in [4.69, 9.17) is 0 Å². The summed E-state index contributed by atoms with van der Waals surface area (Å²) in [5, 5.41) is 19.1. The van der Waals surface area contributed by atoms with Crippen molar-refractivity contribution >= 4 is 39.7 Å². The Kier molecular flexibility index (Phi) is 2.84. The van der Waals surface area contributed by atoms with Crippen LogP contribution in [0.15, 0.2) is 52.4 Å². The minimum absolute atomic E-state index is 0. The van der Waals surface area contributed by atoms with Crippen LogP contribution in [0.2, 0.25) is 36.6 Å². The monoisotopic (exact) mass is 406 g/mol. The van der Waals surface area contributed by atoms with Gasteiger partial charge in [-0.15, -0.1) is 24.8 Å². The molecule has 0 saturated heterocycles. The molecule has 0 radical (unpaired) electrons. The van der Waals surface area contributed by atoms with Gasteiger partial charge >= 0.3 is 126 Å². The molecule has 0 saturated carbocycles. The molecular weight excluding hydrogens is 373 g/mol. The Bertz CT molecular complexity index is 922. The van der Waals surface area contributed by atoms with Crippen LogP contribution < -0.4 is 4.00 Å². The first-order valence-corrected chi connectivity index (χ1v) is 21.1. The fourth-order valence-corrected chi connectivity index (χ4v) is 12.9. The van der Waals surface area contributed by atoms with E-state index >= 15 is 0 Å². The summed E-state index contributed by atoms with van der Waals surface area (Å²) in [6.45, 7) is 0.